The number of nitrogens with zero attached hydrogens (tertiary/aromatic N) is 3. The molecule has 0 saturated carbocycles. The predicted molar refractivity (Wildman–Crippen MR) is 93.1 cm³/mol. The van der Waals surface area contributed by atoms with Crippen LogP contribution in [0, 0.1) is 19.7 Å². The molecule has 2 N–H and O–H groups in total. The zero-order chi connectivity index (χ0) is 17.7. The quantitative estimate of drug-likeness (QED) is 0.775. The lowest BCUT2D eigenvalue weighted by molar-refractivity contribution is 0.267. The summed E-state index contributed by atoms with van der Waals surface area (Å²) in [6.45, 7) is 6.54. The Labute approximate surface area is 143 Å². The minimum atomic E-state index is -0.163. The van der Waals surface area contributed by atoms with E-state index in [1.54, 1.807) is 0 Å². The summed E-state index contributed by atoms with van der Waals surface area (Å²) in [5.74, 6) is -0.163. The van der Waals surface area contributed by atoms with Gasteiger partial charge in [0.25, 0.3) is 0 Å². The fourth-order valence-electron chi connectivity index (χ4n) is 2.83. The number of hydrogen-bond acceptors (Lipinski definition) is 4. The first-order valence-corrected chi connectivity index (χ1v) is 8.19. The van der Waals surface area contributed by atoms with Gasteiger partial charge in [-0.15, -0.1) is 0 Å². The van der Waals surface area contributed by atoms with Crippen LogP contribution in [0.5, 0.6) is 0 Å². The molecule has 1 heterocycles. The van der Waals surface area contributed by atoms with Crippen LogP contribution < -0.4 is 5.32 Å². The Morgan fingerprint density at radius 3 is 2.67 bits per heavy atom. The standard InChI is InChI=1S/C18H27FN4O/c1-13-17(14(2)23(21-13)7-8-24)11-20-10-15-5-6-18(19)16(9-15)12-22(3)4/h5-6,9,20,24H,7-8,10-12H2,1-4H3. The van der Waals surface area contributed by atoms with Gasteiger partial charge in [0, 0.05) is 36.5 Å². The molecule has 0 aliphatic heterocycles. The normalized spacial score (nSPS) is 11.5. The van der Waals surface area contributed by atoms with Gasteiger partial charge in [-0.25, -0.2) is 4.39 Å². The number of halogens is 1. The maximum atomic E-state index is 13.8. The fourth-order valence-corrected chi connectivity index (χ4v) is 2.83. The number of benzene rings is 1. The predicted octanol–water partition coefficient (Wildman–Crippen LogP) is 1.98. The SMILES string of the molecule is Cc1nn(CCO)c(C)c1CNCc1ccc(F)c(CN(C)C)c1. The summed E-state index contributed by atoms with van der Waals surface area (Å²) in [5, 5.41) is 16.9. The Morgan fingerprint density at radius 2 is 2.00 bits per heavy atom. The lowest BCUT2D eigenvalue weighted by Gasteiger charge is -2.12. The molecule has 6 heteroatoms. The average Bonchev–Trinajstić information content (AvgIpc) is 2.78. The third-order valence-corrected chi connectivity index (χ3v) is 4.07. The third kappa shape index (κ3) is 4.63. The maximum Gasteiger partial charge on any atom is 0.127 e. The molecule has 1 aromatic carbocycles. The molecule has 1 aromatic heterocycles. The highest BCUT2D eigenvalue weighted by Gasteiger charge is 2.11. The summed E-state index contributed by atoms with van der Waals surface area (Å²) in [6.07, 6.45) is 0. The molecule has 0 aliphatic carbocycles. The lowest BCUT2D eigenvalue weighted by atomic mass is 10.1. The second-order valence-corrected chi connectivity index (χ2v) is 6.36. The van der Waals surface area contributed by atoms with Crippen molar-refractivity contribution in [3.05, 3.63) is 52.1 Å². The number of rotatable bonds is 8. The van der Waals surface area contributed by atoms with E-state index in [0.717, 1.165) is 22.5 Å². The van der Waals surface area contributed by atoms with Crippen molar-refractivity contribution in [2.75, 3.05) is 20.7 Å². The molecule has 0 aliphatic rings. The van der Waals surface area contributed by atoms with Crippen molar-refractivity contribution < 1.29 is 9.50 Å². The Morgan fingerprint density at radius 1 is 1.25 bits per heavy atom. The third-order valence-electron chi connectivity index (χ3n) is 4.07. The van der Waals surface area contributed by atoms with E-state index >= 15 is 0 Å². The van der Waals surface area contributed by atoms with E-state index in [-0.39, 0.29) is 12.4 Å². The summed E-state index contributed by atoms with van der Waals surface area (Å²) < 4.78 is 15.7. The molecule has 24 heavy (non-hydrogen) atoms. The van der Waals surface area contributed by atoms with Crippen molar-refractivity contribution in [2.24, 2.45) is 0 Å². The molecule has 132 valence electrons. The molecule has 2 aromatic rings. The van der Waals surface area contributed by atoms with Gasteiger partial charge in [0.2, 0.25) is 0 Å². The van der Waals surface area contributed by atoms with E-state index in [9.17, 15) is 4.39 Å². The van der Waals surface area contributed by atoms with E-state index in [4.69, 9.17) is 5.11 Å². The second kappa shape index (κ2) is 8.37. The molecule has 0 spiro atoms. The van der Waals surface area contributed by atoms with Crippen LogP contribution in [-0.2, 0) is 26.2 Å². The molecule has 5 nitrogen and oxygen atoms in total. The molecule has 0 bridgehead atoms. The van der Waals surface area contributed by atoms with Crippen LogP contribution in [0.15, 0.2) is 18.2 Å². The molecule has 0 fully saturated rings. The molecular formula is C18H27FN4O. The maximum absolute atomic E-state index is 13.8. The van der Waals surface area contributed by atoms with Gasteiger partial charge < -0.3 is 15.3 Å². The van der Waals surface area contributed by atoms with Gasteiger partial charge in [-0.3, -0.25) is 4.68 Å². The van der Waals surface area contributed by atoms with Crippen LogP contribution in [0.4, 0.5) is 4.39 Å². The Hall–Kier alpha value is -1.76. The van der Waals surface area contributed by atoms with E-state index in [0.29, 0.717) is 31.7 Å². The summed E-state index contributed by atoms with van der Waals surface area (Å²) in [4.78, 5) is 1.96. The van der Waals surface area contributed by atoms with E-state index in [2.05, 4.69) is 10.4 Å². The molecular weight excluding hydrogens is 307 g/mol. The first-order chi connectivity index (χ1) is 11.4. The molecule has 2 rings (SSSR count). The average molecular weight is 334 g/mol. The summed E-state index contributed by atoms with van der Waals surface area (Å²) in [7, 11) is 3.86. The van der Waals surface area contributed by atoms with Crippen LogP contribution in [0.3, 0.4) is 0 Å². The van der Waals surface area contributed by atoms with Crippen LogP contribution in [0.25, 0.3) is 0 Å². The van der Waals surface area contributed by atoms with Crippen molar-refractivity contribution in [3.8, 4) is 0 Å². The summed E-state index contributed by atoms with van der Waals surface area (Å²) in [6, 6.07) is 5.26. The summed E-state index contributed by atoms with van der Waals surface area (Å²) >= 11 is 0. The molecule has 0 saturated heterocycles. The number of aliphatic hydroxyl groups excluding tert-OH is 1. The van der Waals surface area contributed by atoms with E-state index in [1.807, 2.05) is 49.7 Å². The lowest BCUT2D eigenvalue weighted by Crippen LogP contribution is -2.16. The number of aryl methyl sites for hydroxylation is 1. The van der Waals surface area contributed by atoms with Gasteiger partial charge in [-0.2, -0.15) is 5.10 Å². The van der Waals surface area contributed by atoms with Gasteiger partial charge in [-0.05, 0) is 39.6 Å². The molecule has 0 atom stereocenters. The first-order valence-electron chi connectivity index (χ1n) is 8.19. The zero-order valence-electron chi connectivity index (χ0n) is 14.9. The summed E-state index contributed by atoms with van der Waals surface area (Å²) in [5.41, 5.74) is 4.97. The number of aromatic nitrogens is 2. The number of hydrogen-bond donors (Lipinski definition) is 2. The minimum Gasteiger partial charge on any atom is -0.394 e. The fraction of sp³-hybridized carbons (Fsp3) is 0.500. The highest BCUT2D eigenvalue weighted by atomic mass is 19.1. The zero-order valence-corrected chi connectivity index (χ0v) is 14.9. The van der Waals surface area contributed by atoms with Gasteiger partial charge in [-0.1, -0.05) is 12.1 Å². The highest BCUT2D eigenvalue weighted by molar-refractivity contribution is 5.26. The smallest absolute Gasteiger partial charge is 0.127 e. The van der Waals surface area contributed by atoms with Crippen molar-refractivity contribution in [1.82, 2.24) is 20.0 Å². The number of nitrogens with one attached hydrogen (secondary N) is 1. The van der Waals surface area contributed by atoms with Crippen molar-refractivity contribution in [1.29, 1.82) is 0 Å². The molecule has 0 radical (unpaired) electrons. The van der Waals surface area contributed by atoms with Crippen molar-refractivity contribution in [2.45, 2.75) is 40.0 Å². The highest BCUT2D eigenvalue weighted by Crippen LogP contribution is 2.15. The van der Waals surface area contributed by atoms with E-state index in [1.165, 1.54) is 6.07 Å². The second-order valence-electron chi connectivity index (χ2n) is 6.36. The van der Waals surface area contributed by atoms with Gasteiger partial charge in [0.1, 0.15) is 5.82 Å². The topological polar surface area (TPSA) is 53.3 Å². The van der Waals surface area contributed by atoms with Gasteiger partial charge in [0.15, 0.2) is 0 Å². The van der Waals surface area contributed by atoms with Crippen molar-refractivity contribution in [3.63, 3.8) is 0 Å². The van der Waals surface area contributed by atoms with Gasteiger partial charge in [0.05, 0.1) is 18.8 Å². The molecule has 0 amide bonds. The van der Waals surface area contributed by atoms with Gasteiger partial charge >= 0.3 is 0 Å². The van der Waals surface area contributed by atoms with Crippen LogP contribution in [0.2, 0.25) is 0 Å². The van der Waals surface area contributed by atoms with E-state index < -0.39 is 0 Å². The first kappa shape index (κ1) is 18.6. The largest absolute Gasteiger partial charge is 0.394 e. The Kier molecular flexibility index (Phi) is 6.48. The van der Waals surface area contributed by atoms with Crippen molar-refractivity contribution >= 4 is 0 Å². The monoisotopic (exact) mass is 334 g/mol. The van der Waals surface area contributed by atoms with Crippen LogP contribution in [-0.4, -0.2) is 40.5 Å². The Balaban J connectivity index is 2.00. The molecule has 0 unspecified atom stereocenters. The number of aliphatic hydroxyl groups is 1. The van der Waals surface area contributed by atoms with Crippen LogP contribution >= 0.6 is 0 Å². The Bertz CT molecular complexity index is 682. The van der Waals surface area contributed by atoms with Crippen LogP contribution in [0.1, 0.15) is 28.1 Å². The minimum absolute atomic E-state index is 0.0824.